The van der Waals surface area contributed by atoms with E-state index in [0.29, 0.717) is 11.6 Å². The Morgan fingerprint density at radius 3 is 2.40 bits per heavy atom. The minimum absolute atomic E-state index is 0.258. The molecule has 0 aliphatic carbocycles. The maximum Gasteiger partial charge on any atom is 0.299 e. The zero-order chi connectivity index (χ0) is 20.3. The molecule has 30 heavy (non-hydrogen) atoms. The summed E-state index contributed by atoms with van der Waals surface area (Å²) in [5.74, 6) is 1.80. The molecule has 0 amide bonds. The Morgan fingerprint density at radius 2 is 1.60 bits per heavy atom. The first kappa shape index (κ1) is 18.1. The average molecular weight is 413 g/mol. The summed E-state index contributed by atoms with van der Waals surface area (Å²) in [6.45, 7) is 0.366. The number of hydrogen-bond acceptors (Lipinski definition) is 6. The van der Waals surface area contributed by atoms with E-state index in [4.69, 9.17) is 14.6 Å². The van der Waals surface area contributed by atoms with Gasteiger partial charge in [-0.1, -0.05) is 47.7 Å². The second-order valence-electron chi connectivity index (χ2n) is 6.40. The highest BCUT2D eigenvalue weighted by atomic mass is 32.1. The second kappa shape index (κ2) is 7.81. The van der Waals surface area contributed by atoms with Gasteiger partial charge in [0.2, 0.25) is 11.0 Å². The fourth-order valence-electron chi connectivity index (χ4n) is 3.18. The van der Waals surface area contributed by atoms with E-state index in [-0.39, 0.29) is 5.88 Å². The van der Waals surface area contributed by atoms with Gasteiger partial charge in [0, 0.05) is 10.9 Å². The molecule has 146 valence electrons. The quantitative estimate of drug-likeness (QED) is 0.345. The van der Waals surface area contributed by atoms with Crippen LogP contribution in [0.5, 0.6) is 17.4 Å². The highest BCUT2D eigenvalue weighted by molar-refractivity contribution is 7.12. The summed E-state index contributed by atoms with van der Waals surface area (Å²) in [7, 11) is 0. The van der Waals surface area contributed by atoms with E-state index in [0.717, 1.165) is 33.7 Å². The molecular formula is C23H15N3O3S. The molecule has 0 saturated heterocycles. The molecule has 0 N–H and O–H groups in total. The standard InChI is InChI=1S/C23H15N3O3S/c27-15-28-21-14-30-23(24-21)26-20-9-5-4-8-19(20)22(25-26)16-10-12-18(13-11-16)29-17-6-2-1-3-7-17/h1-15H. The summed E-state index contributed by atoms with van der Waals surface area (Å²) >= 11 is 1.36. The lowest BCUT2D eigenvalue weighted by Crippen LogP contribution is -1.96. The molecule has 0 aliphatic rings. The zero-order valence-corrected chi connectivity index (χ0v) is 16.5. The van der Waals surface area contributed by atoms with Crippen molar-refractivity contribution in [3.8, 4) is 33.8 Å². The third-order valence-corrected chi connectivity index (χ3v) is 5.31. The van der Waals surface area contributed by atoms with Crippen LogP contribution in [0.15, 0.2) is 84.2 Å². The number of benzene rings is 3. The number of para-hydroxylation sites is 2. The van der Waals surface area contributed by atoms with E-state index < -0.39 is 0 Å². The summed E-state index contributed by atoms with van der Waals surface area (Å²) < 4.78 is 12.5. The van der Waals surface area contributed by atoms with Crippen molar-refractivity contribution < 1.29 is 14.3 Å². The van der Waals surface area contributed by atoms with E-state index >= 15 is 0 Å². The van der Waals surface area contributed by atoms with Gasteiger partial charge in [-0.05, 0) is 42.5 Å². The van der Waals surface area contributed by atoms with Crippen LogP contribution >= 0.6 is 11.3 Å². The lowest BCUT2D eigenvalue weighted by molar-refractivity contribution is -0.120. The Hall–Kier alpha value is -3.97. The van der Waals surface area contributed by atoms with Gasteiger partial charge in [0.15, 0.2) is 0 Å². The fraction of sp³-hybridized carbons (Fsp3) is 0. The van der Waals surface area contributed by atoms with E-state index in [1.54, 1.807) is 10.1 Å². The SMILES string of the molecule is O=COc1csc(-n2nc(-c3ccc(Oc4ccccc4)cc3)c3ccccc32)n1. The molecule has 7 heteroatoms. The van der Waals surface area contributed by atoms with Gasteiger partial charge < -0.3 is 9.47 Å². The van der Waals surface area contributed by atoms with E-state index in [2.05, 4.69) is 4.98 Å². The number of ether oxygens (including phenoxy) is 2. The molecule has 3 aromatic carbocycles. The number of carbonyl (C=O) groups is 1. The molecule has 0 unspecified atom stereocenters. The Labute approximate surface area is 176 Å². The Kier molecular flexibility index (Phi) is 4.71. The van der Waals surface area contributed by atoms with Crippen molar-refractivity contribution in [1.82, 2.24) is 14.8 Å². The lowest BCUT2D eigenvalue weighted by Gasteiger charge is -2.06. The molecule has 0 fully saturated rings. The van der Waals surface area contributed by atoms with E-state index in [9.17, 15) is 4.79 Å². The van der Waals surface area contributed by atoms with Crippen molar-refractivity contribution in [3.63, 3.8) is 0 Å². The molecule has 0 aliphatic heterocycles. The zero-order valence-electron chi connectivity index (χ0n) is 15.6. The highest BCUT2D eigenvalue weighted by Crippen LogP contribution is 2.32. The van der Waals surface area contributed by atoms with Crippen LogP contribution in [0.25, 0.3) is 27.3 Å². The predicted octanol–water partition coefficient (Wildman–Crippen LogP) is 5.48. The normalized spacial score (nSPS) is 10.8. The van der Waals surface area contributed by atoms with Gasteiger partial charge in [0.1, 0.15) is 17.2 Å². The van der Waals surface area contributed by atoms with Gasteiger partial charge in [0.05, 0.1) is 10.9 Å². The van der Waals surface area contributed by atoms with Crippen LogP contribution in [0.2, 0.25) is 0 Å². The largest absolute Gasteiger partial charge is 0.457 e. The maximum absolute atomic E-state index is 10.6. The van der Waals surface area contributed by atoms with Gasteiger partial charge in [-0.3, -0.25) is 4.79 Å². The smallest absolute Gasteiger partial charge is 0.299 e. The van der Waals surface area contributed by atoms with Crippen LogP contribution < -0.4 is 9.47 Å². The third-order valence-electron chi connectivity index (χ3n) is 4.52. The molecule has 0 bridgehead atoms. The van der Waals surface area contributed by atoms with Crippen LogP contribution in [0.4, 0.5) is 0 Å². The summed E-state index contributed by atoms with van der Waals surface area (Å²) in [6, 6.07) is 25.4. The lowest BCUT2D eigenvalue weighted by atomic mass is 10.1. The first-order chi connectivity index (χ1) is 14.8. The van der Waals surface area contributed by atoms with Crippen molar-refractivity contribution in [3.05, 3.63) is 84.2 Å². The topological polar surface area (TPSA) is 66.2 Å². The van der Waals surface area contributed by atoms with Crippen LogP contribution in [0, 0.1) is 0 Å². The summed E-state index contributed by atoms with van der Waals surface area (Å²) in [6.07, 6.45) is 0. The first-order valence-corrected chi connectivity index (χ1v) is 10.1. The number of fused-ring (bicyclic) bond motifs is 1. The second-order valence-corrected chi connectivity index (χ2v) is 7.24. The van der Waals surface area contributed by atoms with Gasteiger partial charge >= 0.3 is 0 Å². The predicted molar refractivity (Wildman–Crippen MR) is 115 cm³/mol. The van der Waals surface area contributed by atoms with Gasteiger partial charge in [0.25, 0.3) is 6.47 Å². The Balaban J connectivity index is 1.52. The Bertz CT molecular complexity index is 1310. The van der Waals surface area contributed by atoms with Gasteiger partial charge in [-0.2, -0.15) is 10.1 Å². The third kappa shape index (κ3) is 3.42. The molecule has 5 aromatic rings. The van der Waals surface area contributed by atoms with Crippen molar-refractivity contribution >= 4 is 28.7 Å². The van der Waals surface area contributed by atoms with E-state index in [1.165, 1.54) is 11.3 Å². The van der Waals surface area contributed by atoms with Crippen LogP contribution in [-0.2, 0) is 4.79 Å². The van der Waals surface area contributed by atoms with Crippen LogP contribution in [-0.4, -0.2) is 21.2 Å². The first-order valence-electron chi connectivity index (χ1n) is 9.19. The van der Waals surface area contributed by atoms with Gasteiger partial charge in [-0.15, -0.1) is 0 Å². The summed E-state index contributed by atoms with van der Waals surface area (Å²) in [5.41, 5.74) is 2.72. The summed E-state index contributed by atoms with van der Waals surface area (Å²) in [4.78, 5) is 14.9. The molecule has 0 saturated carbocycles. The molecule has 0 atom stereocenters. The number of thiazole rings is 1. The van der Waals surface area contributed by atoms with Crippen molar-refractivity contribution in [2.75, 3.05) is 0 Å². The van der Waals surface area contributed by atoms with Crippen molar-refractivity contribution in [1.29, 1.82) is 0 Å². The fourth-order valence-corrected chi connectivity index (χ4v) is 3.88. The minimum atomic E-state index is 0.258. The summed E-state index contributed by atoms with van der Waals surface area (Å²) in [5, 5.41) is 8.10. The number of hydrogen-bond donors (Lipinski definition) is 0. The monoisotopic (exact) mass is 413 g/mol. The number of nitrogens with zero attached hydrogens (tertiary/aromatic N) is 3. The van der Waals surface area contributed by atoms with Crippen LogP contribution in [0.1, 0.15) is 0 Å². The van der Waals surface area contributed by atoms with Crippen molar-refractivity contribution in [2.45, 2.75) is 0 Å². The molecule has 2 aromatic heterocycles. The molecular weight excluding hydrogens is 398 g/mol. The van der Waals surface area contributed by atoms with Crippen molar-refractivity contribution in [2.24, 2.45) is 0 Å². The minimum Gasteiger partial charge on any atom is -0.457 e. The Morgan fingerprint density at radius 1 is 0.867 bits per heavy atom. The maximum atomic E-state index is 10.6. The number of carbonyl (C=O) groups excluding carboxylic acids is 1. The van der Waals surface area contributed by atoms with Crippen LogP contribution in [0.3, 0.4) is 0 Å². The molecule has 5 rings (SSSR count). The molecule has 2 heterocycles. The molecule has 0 radical (unpaired) electrons. The average Bonchev–Trinajstić information content (AvgIpc) is 3.40. The molecule has 0 spiro atoms. The molecule has 6 nitrogen and oxygen atoms in total. The number of aromatic nitrogens is 3. The highest BCUT2D eigenvalue weighted by Gasteiger charge is 2.16. The number of rotatable bonds is 6. The van der Waals surface area contributed by atoms with Gasteiger partial charge in [-0.25, -0.2) is 4.68 Å². The van der Waals surface area contributed by atoms with E-state index in [1.807, 2.05) is 78.9 Å².